The van der Waals surface area contributed by atoms with Gasteiger partial charge in [0.05, 0.1) is 19.4 Å². The number of nitrogens with one attached hydrogen (secondary N) is 2. The van der Waals surface area contributed by atoms with Crippen LogP contribution in [0.5, 0.6) is 0 Å². The number of methoxy groups -OCH3 is 1. The lowest BCUT2D eigenvalue weighted by Gasteiger charge is -2.08. The quantitative estimate of drug-likeness (QED) is 0.163. The summed E-state index contributed by atoms with van der Waals surface area (Å²) in [4.78, 5) is 44.1. The third kappa shape index (κ3) is 7.02. The summed E-state index contributed by atoms with van der Waals surface area (Å²) in [6.45, 7) is 3.45. The molecule has 0 aliphatic carbocycles. The molecule has 1 amide bonds. The van der Waals surface area contributed by atoms with Crippen LogP contribution in [0.4, 0.5) is 0 Å². The molecule has 2 N–H and O–H groups in total. The Morgan fingerprint density at radius 1 is 1.22 bits per heavy atom. The van der Waals surface area contributed by atoms with Gasteiger partial charge in [-0.3, -0.25) is 19.8 Å². The van der Waals surface area contributed by atoms with Gasteiger partial charge in [-0.25, -0.2) is 10.2 Å². The van der Waals surface area contributed by atoms with Crippen LogP contribution in [0.2, 0.25) is 0 Å². The van der Waals surface area contributed by atoms with Gasteiger partial charge in [-0.1, -0.05) is 25.6 Å². The number of hydrogen-bond donors (Lipinski definition) is 2. The summed E-state index contributed by atoms with van der Waals surface area (Å²) in [7, 11) is 1.07. The van der Waals surface area contributed by atoms with Gasteiger partial charge in [-0.2, -0.15) is 0 Å². The summed E-state index contributed by atoms with van der Waals surface area (Å²) < 4.78 is 4.17. The van der Waals surface area contributed by atoms with E-state index in [-0.39, 0.29) is 17.7 Å². The summed E-state index contributed by atoms with van der Waals surface area (Å²) in [6.07, 6.45) is -0.517. The Morgan fingerprint density at radius 3 is 2.33 bits per heavy atom. The number of amides is 1. The fourth-order valence-electron chi connectivity index (χ4n) is 0.752. The largest absolute Gasteiger partial charge is 0.463 e. The van der Waals surface area contributed by atoms with E-state index in [0.717, 1.165) is 18.9 Å². The topological polar surface area (TPSA) is 102 Å². The molecule has 0 radical (unpaired) electrons. The molecule has 102 valence electrons. The predicted molar refractivity (Wildman–Crippen MR) is 65.2 cm³/mol. The van der Waals surface area contributed by atoms with E-state index < -0.39 is 23.3 Å². The first kappa shape index (κ1) is 16.6. The van der Waals surface area contributed by atoms with Crippen LogP contribution in [-0.4, -0.2) is 35.8 Å². The summed E-state index contributed by atoms with van der Waals surface area (Å²) in [6, 6.07) is 0. The van der Waals surface area contributed by atoms with Crippen molar-refractivity contribution in [3.05, 3.63) is 0 Å². The maximum Gasteiger partial charge on any atom is 0.374 e. The predicted octanol–water partition coefficient (Wildman–Crippen LogP) is -0.387. The lowest BCUT2D eigenvalue weighted by atomic mass is 10.2. The van der Waals surface area contributed by atoms with Crippen molar-refractivity contribution in [3.8, 4) is 0 Å². The minimum atomic E-state index is -1.04. The molecule has 0 aliphatic rings. The Hall–Kier alpha value is -1.41. The van der Waals surface area contributed by atoms with E-state index in [1.165, 1.54) is 0 Å². The highest BCUT2D eigenvalue weighted by Gasteiger charge is 2.18. The van der Waals surface area contributed by atoms with Crippen molar-refractivity contribution in [2.75, 3.05) is 13.0 Å². The first-order chi connectivity index (χ1) is 8.38. The summed E-state index contributed by atoms with van der Waals surface area (Å²) >= 11 is 0.793. The summed E-state index contributed by atoms with van der Waals surface area (Å²) in [5.41, 5.74) is 4.92. The van der Waals surface area contributed by atoms with Crippen molar-refractivity contribution in [1.29, 1.82) is 0 Å². The first-order valence-corrected chi connectivity index (χ1v) is 6.16. The number of Topliss-reactive ketones (excluding diaryl/α,β-unsaturated/α-hetero) is 1. The van der Waals surface area contributed by atoms with Crippen molar-refractivity contribution < 1.29 is 23.9 Å². The van der Waals surface area contributed by atoms with Crippen molar-refractivity contribution in [2.45, 2.75) is 20.3 Å². The van der Waals surface area contributed by atoms with E-state index in [1.54, 1.807) is 13.8 Å². The van der Waals surface area contributed by atoms with Gasteiger partial charge in [0.15, 0.2) is 5.12 Å². The molecule has 0 atom stereocenters. The highest BCUT2D eigenvalue weighted by atomic mass is 32.2. The third-order valence-electron chi connectivity index (χ3n) is 1.76. The maximum absolute atomic E-state index is 11.2. The molecule has 18 heavy (non-hydrogen) atoms. The molecule has 0 bridgehead atoms. The Labute approximate surface area is 109 Å². The second-order valence-electron chi connectivity index (χ2n) is 3.57. The van der Waals surface area contributed by atoms with Gasteiger partial charge >= 0.3 is 5.97 Å². The van der Waals surface area contributed by atoms with E-state index in [4.69, 9.17) is 0 Å². The number of hydrazine groups is 1. The van der Waals surface area contributed by atoms with Crippen LogP contribution in [0, 0.1) is 5.92 Å². The van der Waals surface area contributed by atoms with Gasteiger partial charge in [0, 0.05) is 5.92 Å². The fourth-order valence-corrected chi connectivity index (χ4v) is 1.29. The van der Waals surface area contributed by atoms with Gasteiger partial charge in [-0.05, 0) is 0 Å². The lowest BCUT2D eigenvalue weighted by molar-refractivity contribution is -0.152. The van der Waals surface area contributed by atoms with E-state index in [2.05, 4.69) is 15.6 Å². The number of rotatable bonds is 7. The Morgan fingerprint density at radius 2 is 1.83 bits per heavy atom. The number of ketones is 1. The second kappa shape index (κ2) is 8.65. The summed E-state index contributed by atoms with van der Waals surface area (Å²) in [5, 5.41) is -0.475. The van der Waals surface area contributed by atoms with Crippen LogP contribution in [0.1, 0.15) is 20.3 Å². The molecule has 0 aliphatic heterocycles. The molecule has 0 aromatic carbocycles. The molecule has 0 rings (SSSR count). The lowest BCUT2D eigenvalue weighted by Crippen LogP contribution is -2.39. The maximum atomic E-state index is 11.2. The number of ether oxygens (including phenoxy) is 1. The molecule has 0 saturated carbocycles. The Kier molecular flexibility index (Phi) is 7.97. The van der Waals surface area contributed by atoms with E-state index in [1.807, 2.05) is 0 Å². The zero-order valence-corrected chi connectivity index (χ0v) is 11.3. The van der Waals surface area contributed by atoms with E-state index in [0.29, 0.717) is 0 Å². The van der Waals surface area contributed by atoms with Crippen LogP contribution in [0.15, 0.2) is 0 Å². The van der Waals surface area contributed by atoms with Gasteiger partial charge in [-0.15, -0.1) is 0 Å². The molecule has 0 fully saturated rings. The minimum Gasteiger partial charge on any atom is -0.463 e. The van der Waals surface area contributed by atoms with E-state index in [9.17, 15) is 19.2 Å². The van der Waals surface area contributed by atoms with Crippen molar-refractivity contribution in [3.63, 3.8) is 0 Å². The van der Waals surface area contributed by atoms with Crippen LogP contribution >= 0.6 is 11.8 Å². The number of carbonyl (C=O) groups is 4. The molecule has 0 aromatic rings. The van der Waals surface area contributed by atoms with Crippen molar-refractivity contribution in [1.82, 2.24) is 10.9 Å². The minimum absolute atomic E-state index is 0.117. The molecule has 7 nitrogen and oxygen atoms in total. The molecular weight excluding hydrogens is 260 g/mol. The number of hydrogen-bond acceptors (Lipinski definition) is 7. The number of esters is 1. The average Bonchev–Trinajstić information content (AvgIpc) is 2.32. The zero-order valence-electron chi connectivity index (χ0n) is 10.4. The molecule has 0 heterocycles. The fraction of sp³-hybridized carbons (Fsp3) is 0.600. The molecular formula is C10H16N2O5S. The van der Waals surface area contributed by atoms with Gasteiger partial charge in [0.1, 0.15) is 0 Å². The monoisotopic (exact) mass is 276 g/mol. The van der Waals surface area contributed by atoms with Gasteiger partial charge < -0.3 is 4.74 Å². The highest BCUT2D eigenvalue weighted by Crippen LogP contribution is 2.04. The van der Waals surface area contributed by atoms with Crippen molar-refractivity contribution >= 4 is 34.5 Å². The van der Waals surface area contributed by atoms with Crippen LogP contribution in [0.3, 0.4) is 0 Å². The van der Waals surface area contributed by atoms with Crippen LogP contribution in [0.25, 0.3) is 0 Å². The van der Waals surface area contributed by atoms with Crippen molar-refractivity contribution in [2.24, 2.45) is 5.92 Å². The van der Waals surface area contributed by atoms with E-state index >= 15 is 0 Å². The highest BCUT2D eigenvalue weighted by molar-refractivity contribution is 8.13. The van der Waals surface area contributed by atoms with Gasteiger partial charge in [0.25, 0.3) is 0 Å². The molecule has 0 spiro atoms. The first-order valence-electron chi connectivity index (χ1n) is 5.18. The normalized spacial score (nSPS) is 10.0. The third-order valence-corrected chi connectivity index (χ3v) is 2.51. The molecule has 0 aromatic heterocycles. The second-order valence-corrected chi connectivity index (χ2v) is 4.61. The Bertz CT molecular complexity index is 343. The number of carbonyl (C=O) groups excluding carboxylic acids is 4. The smallest absolute Gasteiger partial charge is 0.374 e. The molecule has 0 saturated heterocycles. The SMILES string of the molecule is COC(=O)C(=O)CC(=O)SCNNC(=O)C(C)C. The standard InChI is InChI=1S/C10H16N2O5S/c1-6(2)9(15)12-11-5-18-8(14)4-7(13)10(16)17-3/h6,11H,4-5H2,1-3H3,(H,12,15). The van der Waals surface area contributed by atoms with Crippen LogP contribution in [-0.2, 0) is 23.9 Å². The average molecular weight is 276 g/mol. The van der Waals surface area contributed by atoms with Gasteiger partial charge in [0.2, 0.25) is 11.7 Å². The number of thioether (sulfide) groups is 1. The Balaban J connectivity index is 3.75. The van der Waals surface area contributed by atoms with Crippen LogP contribution < -0.4 is 10.9 Å². The molecule has 0 unspecified atom stereocenters. The summed E-state index contributed by atoms with van der Waals surface area (Å²) in [5.74, 6) is -2.18. The molecule has 8 heteroatoms. The zero-order chi connectivity index (χ0) is 14.1.